The van der Waals surface area contributed by atoms with Gasteiger partial charge in [0.15, 0.2) is 11.5 Å². The zero-order valence-electron chi connectivity index (χ0n) is 11.4. The van der Waals surface area contributed by atoms with E-state index in [0.29, 0.717) is 37.7 Å². The lowest BCUT2D eigenvalue weighted by Crippen LogP contribution is -2.38. The van der Waals surface area contributed by atoms with Crippen molar-refractivity contribution in [3.63, 3.8) is 0 Å². The van der Waals surface area contributed by atoms with Crippen LogP contribution in [0.5, 0.6) is 11.5 Å². The van der Waals surface area contributed by atoms with Gasteiger partial charge < -0.3 is 19.5 Å². The highest BCUT2D eigenvalue weighted by molar-refractivity contribution is 5.76. The molecule has 0 spiro atoms. The first-order valence-electron chi connectivity index (χ1n) is 7.09. The van der Waals surface area contributed by atoms with E-state index in [1.807, 2.05) is 12.1 Å². The maximum absolute atomic E-state index is 11.8. The highest BCUT2D eigenvalue weighted by atomic mass is 16.6. The molecule has 0 bridgehead atoms. The molecule has 1 saturated heterocycles. The SMILES string of the molecule is O=C1CCCCN1CC(O)c1ccc2c(c1)OCCO2. The first-order valence-corrected chi connectivity index (χ1v) is 7.09. The Morgan fingerprint density at radius 2 is 2.00 bits per heavy atom. The van der Waals surface area contributed by atoms with Crippen molar-refractivity contribution in [3.8, 4) is 11.5 Å². The fraction of sp³-hybridized carbons (Fsp3) is 0.533. The molecule has 0 aliphatic carbocycles. The van der Waals surface area contributed by atoms with Crippen LogP contribution in [0.4, 0.5) is 0 Å². The molecule has 2 heterocycles. The molecule has 0 radical (unpaired) electrons. The van der Waals surface area contributed by atoms with E-state index in [1.165, 1.54) is 0 Å². The minimum absolute atomic E-state index is 0.132. The number of nitrogens with zero attached hydrogens (tertiary/aromatic N) is 1. The summed E-state index contributed by atoms with van der Waals surface area (Å²) >= 11 is 0. The van der Waals surface area contributed by atoms with Crippen molar-refractivity contribution in [2.24, 2.45) is 0 Å². The zero-order valence-corrected chi connectivity index (χ0v) is 11.4. The molecule has 5 nitrogen and oxygen atoms in total. The average Bonchev–Trinajstić information content (AvgIpc) is 2.49. The third kappa shape index (κ3) is 2.72. The van der Waals surface area contributed by atoms with Crippen LogP contribution in [-0.4, -0.2) is 42.2 Å². The highest BCUT2D eigenvalue weighted by Gasteiger charge is 2.22. The van der Waals surface area contributed by atoms with E-state index >= 15 is 0 Å². The Labute approximate surface area is 118 Å². The molecule has 5 heteroatoms. The van der Waals surface area contributed by atoms with Gasteiger partial charge in [-0.3, -0.25) is 4.79 Å². The minimum Gasteiger partial charge on any atom is -0.486 e. The van der Waals surface area contributed by atoms with E-state index in [-0.39, 0.29) is 5.91 Å². The molecular formula is C15H19NO4. The summed E-state index contributed by atoms with van der Waals surface area (Å²) in [6.45, 7) is 2.16. The van der Waals surface area contributed by atoms with Gasteiger partial charge in [-0.05, 0) is 30.5 Å². The number of rotatable bonds is 3. The van der Waals surface area contributed by atoms with Crippen LogP contribution in [0.2, 0.25) is 0 Å². The summed E-state index contributed by atoms with van der Waals surface area (Å²) in [5.74, 6) is 1.51. The predicted molar refractivity (Wildman–Crippen MR) is 72.8 cm³/mol. The van der Waals surface area contributed by atoms with E-state index in [2.05, 4.69) is 0 Å². The van der Waals surface area contributed by atoms with E-state index in [9.17, 15) is 9.90 Å². The first kappa shape index (κ1) is 13.2. The second-order valence-corrected chi connectivity index (χ2v) is 5.22. The van der Waals surface area contributed by atoms with Gasteiger partial charge in [-0.15, -0.1) is 0 Å². The van der Waals surface area contributed by atoms with Gasteiger partial charge in [-0.1, -0.05) is 6.07 Å². The Morgan fingerprint density at radius 1 is 1.20 bits per heavy atom. The van der Waals surface area contributed by atoms with Gasteiger partial charge >= 0.3 is 0 Å². The number of ether oxygens (including phenoxy) is 2. The van der Waals surface area contributed by atoms with Gasteiger partial charge in [0.05, 0.1) is 12.6 Å². The van der Waals surface area contributed by atoms with Crippen LogP contribution in [0.3, 0.4) is 0 Å². The molecule has 1 aromatic rings. The molecule has 0 saturated carbocycles. The molecule has 1 N–H and O–H groups in total. The number of amides is 1. The zero-order chi connectivity index (χ0) is 13.9. The first-order chi connectivity index (χ1) is 9.74. The predicted octanol–water partition coefficient (Wildman–Crippen LogP) is 1.50. The largest absolute Gasteiger partial charge is 0.486 e. The van der Waals surface area contributed by atoms with Crippen LogP contribution in [0.1, 0.15) is 30.9 Å². The van der Waals surface area contributed by atoms with Gasteiger partial charge in [-0.2, -0.15) is 0 Å². The van der Waals surface area contributed by atoms with Crippen molar-refractivity contribution in [1.82, 2.24) is 4.90 Å². The summed E-state index contributed by atoms with van der Waals surface area (Å²) < 4.78 is 11.0. The summed E-state index contributed by atoms with van der Waals surface area (Å²) in [5, 5.41) is 10.3. The summed E-state index contributed by atoms with van der Waals surface area (Å²) in [7, 11) is 0. The van der Waals surface area contributed by atoms with Gasteiger partial charge in [0.2, 0.25) is 5.91 Å². The molecule has 1 aromatic carbocycles. The van der Waals surface area contributed by atoms with E-state index in [1.54, 1.807) is 11.0 Å². The number of fused-ring (bicyclic) bond motifs is 1. The van der Waals surface area contributed by atoms with Crippen LogP contribution in [-0.2, 0) is 4.79 Å². The lowest BCUT2D eigenvalue weighted by atomic mass is 10.1. The molecule has 0 aromatic heterocycles. The molecule has 1 fully saturated rings. The second-order valence-electron chi connectivity index (χ2n) is 5.22. The van der Waals surface area contributed by atoms with Gasteiger partial charge in [0.25, 0.3) is 0 Å². The molecule has 2 aliphatic rings. The third-order valence-electron chi connectivity index (χ3n) is 3.77. The summed E-state index contributed by atoms with van der Waals surface area (Å²) in [5.41, 5.74) is 0.757. The maximum atomic E-state index is 11.8. The van der Waals surface area contributed by atoms with Gasteiger partial charge in [0.1, 0.15) is 13.2 Å². The topological polar surface area (TPSA) is 59.0 Å². The number of aliphatic hydroxyl groups is 1. The highest BCUT2D eigenvalue weighted by Crippen LogP contribution is 2.33. The Hall–Kier alpha value is -1.75. The van der Waals surface area contributed by atoms with Crippen LogP contribution < -0.4 is 9.47 Å². The number of hydrogen-bond acceptors (Lipinski definition) is 4. The summed E-state index contributed by atoms with van der Waals surface area (Å²) in [6, 6.07) is 5.44. The number of aliphatic hydroxyl groups excluding tert-OH is 1. The van der Waals surface area contributed by atoms with Crippen LogP contribution in [0.15, 0.2) is 18.2 Å². The second kappa shape index (κ2) is 5.71. The van der Waals surface area contributed by atoms with E-state index < -0.39 is 6.10 Å². The molecule has 1 amide bonds. The van der Waals surface area contributed by atoms with E-state index in [4.69, 9.17) is 9.47 Å². The molecule has 1 atom stereocenters. The molecule has 1 unspecified atom stereocenters. The summed E-state index contributed by atoms with van der Waals surface area (Å²) in [4.78, 5) is 13.5. The molecular weight excluding hydrogens is 258 g/mol. The lowest BCUT2D eigenvalue weighted by Gasteiger charge is -2.29. The third-order valence-corrected chi connectivity index (χ3v) is 3.77. The number of carbonyl (C=O) groups is 1. The Bertz CT molecular complexity index is 503. The van der Waals surface area contributed by atoms with Crippen molar-refractivity contribution in [2.75, 3.05) is 26.3 Å². The lowest BCUT2D eigenvalue weighted by molar-refractivity contribution is -0.134. The van der Waals surface area contributed by atoms with Crippen molar-refractivity contribution < 1.29 is 19.4 Å². The smallest absolute Gasteiger partial charge is 0.222 e. The van der Waals surface area contributed by atoms with Gasteiger partial charge in [0, 0.05) is 13.0 Å². The monoisotopic (exact) mass is 277 g/mol. The fourth-order valence-corrected chi connectivity index (χ4v) is 2.64. The fourth-order valence-electron chi connectivity index (χ4n) is 2.64. The Kier molecular flexibility index (Phi) is 3.78. The maximum Gasteiger partial charge on any atom is 0.222 e. The van der Waals surface area contributed by atoms with Crippen LogP contribution in [0, 0.1) is 0 Å². The van der Waals surface area contributed by atoms with Crippen molar-refractivity contribution >= 4 is 5.91 Å². The molecule has 3 rings (SSSR count). The number of benzene rings is 1. The number of piperidine rings is 1. The molecule has 108 valence electrons. The molecule has 2 aliphatic heterocycles. The van der Waals surface area contributed by atoms with Gasteiger partial charge in [-0.25, -0.2) is 0 Å². The standard InChI is InChI=1S/C15H19NO4/c17-12(10-16-6-2-1-3-15(16)18)11-4-5-13-14(9-11)20-8-7-19-13/h4-5,9,12,17H,1-3,6-8,10H2. The van der Waals surface area contributed by atoms with Crippen LogP contribution >= 0.6 is 0 Å². The quantitative estimate of drug-likeness (QED) is 0.909. The minimum atomic E-state index is -0.687. The van der Waals surface area contributed by atoms with Crippen molar-refractivity contribution in [1.29, 1.82) is 0 Å². The Balaban J connectivity index is 1.70. The summed E-state index contributed by atoms with van der Waals surface area (Å²) in [6.07, 6.45) is 1.87. The van der Waals surface area contributed by atoms with E-state index in [0.717, 1.165) is 24.9 Å². The normalized spacial score (nSPS) is 19.9. The number of carbonyl (C=O) groups excluding carboxylic acids is 1. The number of likely N-dealkylation sites (tertiary alicyclic amines) is 1. The Morgan fingerprint density at radius 3 is 2.80 bits per heavy atom. The average molecular weight is 277 g/mol. The number of β-amino-alcohol motifs (C(OH)–C–C–N with tert-alkyl or cyclic N) is 1. The van der Waals surface area contributed by atoms with Crippen molar-refractivity contribution in [3.05, 3.63) is 23.8 Å². The van der Waals surface area contributed by atoms with Crippen LogP contribution in [0.25, 0.3) is 0 Å². The van der Waals surface area contributed by atoms with Crippen molar-refractivity contribution in [2.45, 2.75) is 25.4 Å². The molecule has 20 heavy (non-hydrogen) atoms. The number of hydrogen-bond donors (Lipinski definition) is 1.